The first kappa shape index (κ1) is 12.9. The van der Waals surface area contributed by atoms with Gasteiger partial charge in [-0.05, 0) is 30.9 Å². The summed E-state index contributed by atoms with van der Waals surface area (Å²) in [6.07, 6.45) is -3.29. The zero-order chi connectivity index (χ0) is 13.4. The molecular weight excluding hydrogens is 241 g/mol. The van der Waals surface area contributed by atoms with E-state index in [2.05, 4.69) is 5.32 Å². The van der Waals surface area contributed by atoms with Gasteiger partial charge in [0.25, 0.3) is 0 Å². The highest BCUT2D eigenvalue weighted by atomic mass is 19.4. The molecule has 1 aliphatic carbocycles. The summed E-state index contributed by atoms with van der Waals surface area (Å²) in [6.45, 7) is 0.721. The van der Waals surface area contributed by atoms with Crippen molar-refractivity contribution in [3.63, 3.8) is 0 Å². The van der Waals surface area contributed by atoms with Crippen molar-refractivity contribution in [3.05, 3.63) is 34.9 Å². The second-order valence-corrected chi connectivity index (χ2v) is 4.65. The Morgan fingerprint density at radius 1 is 1.44 bits per heavy atom. The topological polar surface area (TPSA) is 35.8 Å². The number of benzene rings is 1. The summed E-state index contributed by atoms with van der Waals surface area (Å²) in [6, 6.07) is 7.62. The van der Waals surface area contributed by atoms with E-state index in [1.54, 1.807) is 6.07 Å². The van der Waals surface area contributed by atoms with E-state index in [-0.39, 0.29) is 0 Å². The Balaban J connectivity index is 2.32. The summed E-state index contributed by atoms with van der Waals surface area (Å²) in [5.74, 6) is 0. The van der Waals surface area contributed by atoms with Crippen LogP contribution in [-0.2, 0) is 12.0 Å². The number of hydrogen-bond acceptors (Lipinski definition) is 2. The van der Waals surface area contributed by atoms with Crippen LogP contribution < -0.4 is 5.32 Å². The smallest absolute Gasteiger partial charge is 0.287 e. The normalized spacial score (nSPS) is 22.6. The van der Waals surface area contributed by atoms with E-state index < -0.39 is 18.3 Å². The molecule has 0 saturated carbocycles. The number of fused-ring (bicyclic) bond motifs is 1. The number of hydrogen-bond donors (Lipinski definition) is 1. The van der Waals surface area contributed by atoms with Gasteiger partial charge in [-0.3, -0.25) is 5.32 Å². The summed E-state index contributed by atoms with van der Waals surface area (Å²) in [5, 5.41) is 11.7. The minimum atomic E-state index is -4.31. The van der Waals surface area contributed by atoms with E-state index in [1.807, 2.05) is 25.1 Å². The third-order valence-electron chi connectivity index (χ3n) is 3.28. The number of aryl methyl sites for hydroxylation is 2. The molecule has 1 N–H and O–H groups in total. The number of nitrogens with zero attached hydrogens (tertiary/aromatic N) is 1. The lowest BCUT2D eigenvalue weighted by molar-refractivity contribution is -0.127. The van der Waals surface area contributed by atoms with Gasteiger partial charge in [0.15, 0.2) is 0 Å². The van der Waals surface area contributed by atoms with E-state index in [9.17, 15) is 18.4 Å². The van der Waals surface area contributed by atoms with Crippen molar-refractivity contribution >= 4 is 0 Å². The molecule has 2 rings (SSSR count). The molecule has 2 nitrogen and oxygen atoms in total. The predicted octanol–water partition coefficient (Wildman–Crippen LogP) is 2.81. The number of rotatable bonds is 2. The second-order valence-electron chi connectivity index (χ2n) is 4.65. The van der Waals surface area contributed by atoms with Gasteiger partial charge in [-0.15, -0.1) is 0 Å². The Morgan fingerprint density at radius 3 is 2.78 bits per heavy atom. The standard InChI is InChI=1S/C13H13F3N2/c1-9-2-3-10-4-5-12(7-17,11(10)6-9)18-8-13(14,15)16/h2-3,6,18H,4-5,8H2,1H3. The van der Waals surface area contributed by atoms with Gasteiger partial charge in [0.2, 0.25) is 0 Å². The first-order valence-electron chi connectivity index (χ1n) is 5.69. The van der Waals surface area contributed by atoms with Gasteiger partial charge in [0.05, 0.1) is 12.6 Å². The molecule has 0 fully saturated rings. The lowest BCUT2D eigenvalue weighted by Gasteiger charge is -2.25. The van der Waals surface area contributed by atoms with Crippen LogP contribution in [0.1, 0.15) is 23.1 Å². The molecule has 1 unspecified atom stereocenters. The fraction of sp³-hybridized carbons (Fsp3) is 0.462. The number of halogens is 3. The van der Waals surface area contributed by atoms with Gasteiger partial charge in [-0.25, -0.2) is 0 Å². The van der Waals surface area contributed by atoms with Crippen molar-refractivity contribution < 1.29 is 13.2 Å². The molecule has 1 aromatic carbocycles. The molecule has 18 heavy (non-hydrogen) atoms. The molecular formula is C13H13F3N2. The Hall–Kier alpha value is -1.54. The van der Waals surface area contributed by atoms with Crippen molar-refractivity contribution in [2.45, 2.75) is 31.5 Å². The van der Waals surface area contributed by atoms with Crippen molar-refractivity contribution in [3.8, 4) is 6.07 Å². The summed E-state index contributed by atoms with van der Waals surface area (Å²) < 4.78 is 36.9. The van der Waals surface area contributed by atoms with Crippen LogP contribution >= 0.6 is 0 Å². The monoisotopic (exact) mass is 254 g/mol. The Bertz CT molecular complexity index is 502. The molecule has 1 atom stereocenters. The Labute approximate surface area is 103 Å². The largest absolute Gasteiger partial charge is 0.401 e. The molecule has 5 heteroatoms. The minimum Gasteiger partial charge on any atom is -0.287 e. The molecule has 0 amide bonds. The van der Waals surface area contributed by atoms with Crippen LogP contribution in [0.4, 0.5) is 13.2 Å². The summed E-state index contributed by atoms with van der Waals surface area (Å²) in [5.41, 5.74) is 1.40. The van der Waals surface area contributed by atoms with E-state index >= 15 is 0 Å². The lowest BCUT2D eigenvalue weighted by atomic mass is 9.92. The molecule has 1 aliphatic rings. The van der Waals surface area contributed by atoms with Crippen LogP contribution in [0, 0.1) is 18.3 Å². The maximum absolute atomic E-state index is 12.3. The van der Waals surface area contributed by atoms with E-state index in [1.165, 1.54) is 0 Å². The van der Waals surface area contributed by atoms with Crippen molar-refractivity contribution in [2.75, 3.05) is 6.54 Å². The SMILES string of the molecule is Cc1ccc2c(c1)C(C#N)(NCC(F)(F)F)CC2. The van der Waals surface area contributed by atoms with Gasteiger partial charge in [-0.2, -0.15) is 18.4 Å². The number of alkyl halides is 3. The zero-order valence-corrected chi connectivity index (χ0v) is 9.93. The average Bonchev–Trinajstić information content (AvgIpc) is 2.65. The molecule has 0 aromatic heterocycles. The predicted molar refractivity (Wildman–Crippen MR) is 60.8 cm³/mol. The second kappa shape index (κ2) is 4.29. The van der Waals surface area contributed by atoms with E-state index in [0.29, 0.717) is 18.4 Å². The first-order chi connectivity index (χ1) is 8.36. The minimum absolute atomic E-state index is 0.387. The number of nitrogens with one attached hydrogen (secondary N) is 1. The van der Waals surface area contributed by atoms with Crippen LogP contribution in [-0.4, -0.2) is 12.7 Å². The van der Waals surface area contributed by atoms with Gasteiger partial charge < -0.3 is 0 Å². The molecule has 0 aliphatic heterocycles. The first-order valence-corrected chi connectivity index (χ1v) is 5.69. The lowest BCUT2D eigenvalue weighted by Crippen LogP contribution is -2.44. The molecule has 0 spiro atoms. The van der Waals surface area contributed by atoms with Crippen molar-refractivity contribution in [1.29, 1.82) is 5.26 Å². The van der Waals surface area contributed by atoms with Crippen molar-refractivity contribution in [1.82, 2.24) is 5.32 Å². The fourth-order valence-electron chi connectivity index (χ4n) is 2.35. The molecule has 0 heterocycles. The van der Waals surface area contributed by atoms with Gasteiger partial charge in [0, 0.05) is 0 Å². The molecule has 96 valence electrons. The van der Waals surface area contributed by atoms with Gasteiger partial charge in [0.1, 0.15) is 5.54 Å². The van der Waals surface area contributed by atoms with E-state index in [4.69, 9.17) is 0 Å². The number of nitriles is 1. The maximum atomic E-state index is 12.3. The fourth-order valence-corrected chi connectivity index (χ4v) is 2.35. The summed E-state index contributed by atoms with van der Waals surface area (Å²) >= 11 is 0. The molecule has 1 aromatic rings. The quantitative estimate of drug-likeness (QED) is 0.880. The zero-order valence-electron chi connectivity index (χ0n) is 9.93. The van der Waals surface area contributed by atoms with Crippen LogP contribution in [0.2, 0.25) is 0 Å². The van der Waals surface area contributed by atoms with Gasteiger partial charge >= 0.3 is 6.18 Å². The molecule has 0 radical (unpaired) electrons. The highest BCUT2D eigenvalue weighted by Gasteiger charge is 2.41. The Kier molecular flexibility index (Phi) is 3.07. The highest BCUT2D eigenvalue weighted by Crippen LogP contribution is 2.37. The molecule has 0 saturated heterocycles. The van der Waals surface area contributed by atoms with Crippen LogP contribution in [0.15, 0.2) is 18.2 Å². The third-order valence-corrected chi connectivity index (χ3v) is 3.28. The van der Waals surface area contributed by atoms with Crippen LogP contribution in [0.25, 0.3) is 0 Å². The highest BCUT2D eigenvalue weighted by molar-refractivity contribution is 5.45. The average molecular weight is 254 g/mol. The Morgan fingerprint density at radius 2 is 2.17 bits per heavy atom. The third kappa shape index (κ3) is 2.34. The van der Waals surface area contributed by atoms with E-state index in [0.717, 1.165) is 11.1 Å². The summed E-state index contributed by atoms with van der Waals surface area (Å²) in [7, 11) is 0. The maximum Gasteiger partial charge on any atom is 0.401 e. The summed E-state index contributed by atoms with van der Waals surface area (Å²) in [4.78, 5) is 0. The molecule has 0 bridgehead atoms. The van der Waals surface area contributed by atoms with Crippen LogP contribution in [0.3, 0.4) is 0 Å². The van der Waals surface area contributed by atoms with Crippen molar-refractivity contribution in [2.24, 2.45) is 0 Å². The van der Waals surface area contributed by atoms with Crippen LogP contribution in [0.5, 0.6) is 0 Å². The van der Waals surface area contributed by atoms with Gasteiger partial charge in [-0.1, -0.05) is 23.8 Å².